The molecular weight excluding hydrogens is 262 g/mol. The highest BCUT2D eigenvalue weighted by molar-refractivity contribution is 6.33. The minimum absolute atomic E-state index is 0.232. The molecule has 19 heavy (non-hydrogen) atoms. The summed E-state index contributed by atoms with van der Waals surface area (Å²) in [6.07, 6.45) is 1.56. The van der Waals surface area contributed by atoms with E-state index in [9.17, 15) is 4.79 Å². The highest BCUT2D eigenvalue weighted by Gasteiger charge is 2.09. The number of anilines is 1. The van der Waals surface area contributed by atoms with Crippen LogP contribution in [0.1, 0.15) is 21.6 Å². The van der Waals surface area contributed by atoms with E-state index in [1.54, 1.807) is 24.4 Å². The molecular formula is C14H14ClN3O. The maximum Gasteiger partial charge on any atom is 0.255 e. The Morgan fingerprint density at radius 2 is 2.16 bits per heavy atom. The normalized spacial score (nSPS) is 10.3. The molecule has 1 amide bonds. The van der Waals surface area contributed by atoms with E-state index >= 15 is 0 Å². The van der Waals surface area contributed by atoms with Crippen molar-refractivity contribution in [2.75, 3.05) is 5.32 Å². The van der Waals surface area contributed by atoms with Gasteiger partial charge in [0, 0.05) is 18.3 Å². The van der Waals surface area contributed by atoms with Crippen molar-refractivity contribution < 1.29 is 4.79 Å². The average Bonchev–Trinajstić information content (AvgIpc) is 2.43. The molecule has 0 saturated heterocycles. The molecule has 0 unspecified atom stereocenters. The molecule has 4 nitrogen and oxygen atoms in total. The molecule has 0 fully saturated rings. The molecule has 2 aromatic rings. The number of aryl methyl sites for hydroxylation is 1. The van der Waals surface area contributed by atoms with Crippen molar-refractivity contribution >= 4 is 23.2 Å². The number of carbonyl (C=O) groups excluding carboxylic acids is 1. The number of carbonyl (C=O) groups is 1. The topological polar surface area (TPSA) is 68.0 Å². The number of nitrogens with zero attached hydrogens (tertiary/aromatic N) is 1. The quantitative estimate of drug-likeness (QED) is 0.905. The Balaban J connectivity index is 2.22. The number of amides is 1. The van der Waals surface area contributed by atoms with Crippen LogP contribution in [0.5, 0.6) is 0 Å². The van der Waals surface area contributed by atoms with Gasteiger partial charge in [0.15, 0.2) is 0 Å². The highest BCUT2D eigenvalue weighted by Crippen LogP contribution is 2.23. The largest absolute Gasteiger partial charge is 0.325 e. The summed E-state index contributed by atoms with van der Waals surface area (Å²) in [6.45, 7) is 2.23. The molecule has 0 aliphatic rings. The van der Waals surface area contributed by atoms with Gasteiger partial charge in [0.05, 0.1) is 16.4 Å². The van der Waals surface area contributed by atoms with Crippen molar-refractivity contribution in [3.63, 3.8) is 0 Å². The lowest BCUT2D eigenvalue weighted by molar-refractivity contribution is 0.102. The summed E-state index contributed by atoms with van der Waals surface area (Å²) in [5.41, 5.74) is 8.30. The third-order valence-corrected chi connectivity index (χ3v) is 2.99. The van der Waals surface area contributed by atoms with Crippen LogP contribution in [0.2, 0.25) is 5.02 Å². The van der Waals surface area contributed by atoms with Gasteiger partial charge in [0.25, 0.3) is 5.91 Å². The summed E-state index contributed by atoms with van der Waals surface area (Å²) in [7, 11) is 0. The first-order valence-corrected chi connectivity index (χ1v) is 6.20. The Morgan fingerprint density at radius 3 is 2.89 bits per heavy atom. The molecule has 1 aromatic carbocycles. The predicted molar refractivity (Wildman–Crippen MR) is 76.3 cm³/mol. The van der Waals surface area contributed by atoms with Crippen molar-refractivity contribution in [3.8, 4) is 0 Å². The van der Waals surface area contributed by atoms with Crippen LogP contribution in [-0.2, 0) is 6.54 Å². The van der Waals surface area contributed by atoms with Crippen LogP contribution < -0.4 is 11.1 Å². The van der Waals surface area contributed by atoms with E-state index in [0.29, 0.717) is 28.5 Å². The molecule has 0 saturated carbocycles. The minimum atomic E-state index is -0.232. The van der Waals surface area contributed by atoms with Crippen molar-refractivity contribution in [2.24, 2.45) is 5.73 Å². The third kappa shape index (κ3) is 3.30. The molecule has 5 heteroatoms. The Bertz CT molecular complexity index is 613. The van der Waals surface area contributed by atoms with E-state index in [-0.39, 0.29) is 5.91 Å². The number of nitrogens with one attached hydrogen (secondary N) is 1. The number of pyridine rings is 1. The smallest absolute Gasteiger partial charge is 0.255 e. The SMILES string of the molecule is Cc1ccc(Cl)c(NC(=O)c2ccnc(CN)c2)c1. The molecule has 0 atom stereocenters. The number of halogens is 1. The zero-order valence-corrected chi connectivity index (χ0v) is 11.2. The molecule has 0 radical (unpaired) electrons. The van der Waals surface area contributed by atoms with E-state index in [0.717, 1.165) is 5.56 Å². The zero-order chi connectivity index (χ0) is 13.8. The van der Waals surface area contributed by atoms with E-state index in [1.807, 2.05) is 19.1 Å². The summed E-state index contributed by atoms with van der Waals surface area (Å²) in [4.78, 5) is 16.2. The number of nitrogens with two attached hydrogens (primary N) is 1. The molecule has 2 rings (SSSR count). The first-order valence-electron chi connectivity index (χ1n) is 5.82. The lowest BCUT2D eigenvalue weighted by Gasteiger charge is -2.08. The maximum atomic E-state index is 12.1. The van der Waals surface area contributed by atoms with Crippen LogP contribution in [0.3, 0.4) is 0 Å². The van der Waals surface area contributed by atoms with Gasteiger partial charge in [-0.1, -0.05) is 17.7 Å². The van der Waals surface area contributed by atoms with Crippen LogP contribution in [0.15, 0.2) is 36.5 Å². The molecule has 1 heterocycles. The van der Waals surface area contributed by atoms with Crippen LogP contribution >= 0.6 is 11.6 Å². The van der Waals surface area contributed by atoms with E-state index in [4.69, 9.17) is 17.3 Å². The van der Waals surface area contributed by atoms with Gasteiger partial charge in [-0.2, -0.15) is 0 Å². The van der Waals surface area contributed by atoms with Gasteiger partial charge in [-0.25, -0.2) is 0 Å². The number of benzene rings is 1. The standard InChI is InChI=1S/C14H14ClN3O/c1-9-2-3-12(15)13(6-9)18-14(19)10-4-5-17-11(7-10)8-16/h2-7H,8,16H2,1H3,(H,18,19). The van der Waals surface area contributed by atoms with Gasteiger partial charge >= 0.3 is 0 Å². The molecule has 0 aliphatic heterocycles. The van der Waals surface area contributed by atoms with Crippen molar-refractivity contribution in [2.45, 2.75) is 13.5 Å². The summed E-state index contributed by atoms with van der Waals surface area (Å²) >= 11 is 6.04. The van der Waals surface area contributed by atoms with Crippen molar-refractivity contribution in [1.82, 2.24) is 4.98 Å². The fourth-order valence-corrected chi connectivity index (χ4v) is 1.83. The Labute approximate surface area is 116 Å². The van der Waals surface area contributed by atoms with Gasteiger partial charge in [-0.05, 0) is 36.8 Å². The fourth-order valence-electron chi connectivity index (χ4n) is 1.66. The second-order valence-corrected chi connectivity index (χ2v) is 4.58. The fraction of sp³-hybridized carbons (Fsp3) is 0.143. The monoisotopic (exact) mass is 275 g/mol. The lowest BCUT2D eigenvalue weighted by atomic mass is 10.2. The third-order valence-electron chi connectivity index (χ3n) is 2.66. The number of aromatic nitrogens is 1. The van der Waals surface area contributed by atoms with Crippen molar-refractivity contribution in [3.05, 3.63) is 58.4 Å². The number of hydrogen-bond acceptors (Lipinski definition) is 3. The van der Waals surface area contributed by atoms with Gasteiger partial charge in [0.1, 0.15) is 0 Å². The summed E-state index contributed by atoms with van der Waals surface area (Å²) in [5.74, 6) is -0.232. The van der Waals surface area contributed by atoms with E-state index < -0.39 is 0 Å². The molecule has 0 aliphatic carbocycles. The van der Waals surface area contributed by atoms with Gasteiger partial charge in [0.2, 0.25) is 0 Å². The highest BCUT2D eigenvalue weighted by atomic mass is 35.5. The van der Waals surface area contributed by atoms with Gasteiger partial charge in [-0.15, -0.1) is 0 Å². The van der Waals surface area contributed by atoms with E-state index in [1.165, 1.54) is 0 Å². The maximum absolute atomic E-state index is 12.1. The lowest BCUT2D eigenvalue weighted by Crippen LogP contribution is -2.13. The second kappa shape index (κ2) is 5.82. The van der Waals surface area contributed by atoms with Gasteiger partial charge in [-0.3, -0.25) is 9.78 Å². The summed E-state index contributed by atoms with van der Waals surface area (Å²) in [6, 6.07) is 8.77. The molecule has 3 N–H and O–H groups in total. The summed E-state index contributed by atoms with van der Waals surface area (Å²) < 4.78 is 0. The Kier molecular flexibility index (Phi) is 4.14. The Hall–Kier alpha value is -1.91. The number of hydrogen-bond donors (Lipinski definition) is 2. The van der Waals surface area contributed by atoms with Gasteiger partial charge < -0.3 is 11.1 Å². The Morgan fingerprint density at radius 1 is 1.37 bits per heavy atom. The zero-order valence-electron chi connectivity index (χ0n) is 10.5. The molecule has 0 spiro atoms. The van der Waals surface area contributed by atoms with Crippen LogP contribution in [0, 0.1) is 6.92 Å². The molecule has 0 bridgehead atoms. The summed E-state index contributed by atoms with van der Waals surface area (Å²) in [5, 5.41) is 3.29. The first kappa shape index (κ1) is 13.5. The minimum Gasteiger partial charge on any atom is -0.325 e. The van der Waals surface area contributed by atoms with E-state index in [2.05, 4.69) is 10.3 Å². The van der Waals surface area contributed by atoms with Crippen LogP contribution in [-0.4, -0.2) is 10.9 Å². The number of rotatable bonds is 3. The first-order chi connectivity index (χ1) is 9.10. The van der Waals surface area contributed by atoms with Crippen molar-refractivity contribution in [1.29, 1.82) is 0 Å². The van der Waals surface area contributed by atoms with Crippen LogP contribution in [0.25, 0.3) is 0 Å². The van der Waals surface area contributed by atoms with Crippen LogP contribution in [0.4, 0.5) is 5.69 Å². The molecule has 1 aromatic heterocycles. The second-order valence-electron chi connectivity index (χ2n) is 4.18. The predicted octanol–water partition coefficient (Wildman–Crippen LogP) is 2.75. The average molecular weight is 276 g/mol. The molecule has 98 valence electrons.